The van der Waals surface area contributed by atoms with Gasteiger partial charge in [-0.05, 0) is 57.3 Å². The Morgan fingerprint density at radius 3 is 3.00 bits per heavy atom. The SMILES string of the molecule is COc1ccc2c3c1O[C@H]1[C@@H](O)CC[C@@]4(CC2)N(C)CC[C@@]314. The number of hydrogen-bond acceptors (Lipinski definition) is 4. The lowest BCUT2D eigenvalue weighted by Crippen LogP contribution is -2.66. The number of methoxy groups -OCH3 is 1. The maximum absolute atomic E-state index is 10.7. The van der Waals surface area contributed by atoms with E-state index in [1.54, 1.807) is 7.11 Å². The molecule has 22 heavy (non-hydrogen) atoms. The van der Waals surface area contributed by atoms with Crippen LogP contribution in [0.1, 0.15) is 36.8 Å². The van der Waals surface area contributed by atoms with Crippen molar-refractivity contribution in [2.75, 3.05) is 20.7 Å². The molecule has 2 fully saturated rings. The number of likely N-dealkylation sites (N-methyl/N-ethyl adjacent to an activating group) is 1. The first-order valence-electron chi connectivity index (χ1n) is 8.40. The highest BCUT2D eigenvalue weighted by Gasteiger charge is 2.71. The third-order valence-corrected chi connectivity index (χ3v) is 7.02. The molecule has 1 aromatic carbocycles. The highest BCUT2D eigenvalue weighted by molar-refractivity contribution is 5.62. The van der Waals surface area contributed by atoms with Crippen molar-refractivity contribution >= 4 is 0 Å². The summed E-state index contributed by atoms with van der Waals surface area (Å²) in [5.41, 5.74) is 2.86. The number of aryl methyl sites for hydroxylation is 1. The molecule has 2 heterocycles. The van der Waals surface area contributed by atoms with Crippen LogP contribution in [-0.4, -0.2) is 48.5 Å². The molecule has 1 N–H and O–H groups in total. The Kier molecular flexibility index (Phi) is 2.39. The summed E-state index contributed by atoms with van der Waals surface area (Å²) in [6.45, 7) is 1.09. The summed E-state index contributed by atoms with van der Waals surface area (Å²) < 4.78 is 11.9. The Balaban J connectivity index is 1.84. The molecule has 2 aliphatic heterocycles. The van der Waals surface area contributed by atoms with Gasteiger partial charge in [-0.1, -0.05) is 6.07 Å². The molecule has 5 rings (SSSR count). The average molecular weight is 301 g/mol. The Morgan fingerprint density at radius 1 is 1.32 bits per heavy atom. The van der Waals surface area contributed by atoms with E-state index in [1.807, 2.05) is 6.07 Å². The molecule has 2 aliphatic carbocycles. The number of nitrogens with zero attached hydrogens (tertiary/aromatic N) is 1. The summed E-state index contributed by atoms with van der Waals surface area (Å²) in [5, 5.41) is 10.7. The number of aliphatic hydroxyl groups excluding tert-OH is 1. The molecule has 0 radical (unpaired) electrons. The fraction of sp³-hybridized carbons (Fsp3) is 0.667. The van der Waals surface area contributed by atoms with E-state index in [1.165, 1.54) is 17.5 Å². The zero-order valence-corrected chi connectivity index (χ0v) is 13.3. The molecule has 4 heteroatoms. The molecule has 4 atom stereocenters. The van der Waals surface area contributed by atoms with E-state index >= 15 is 0 Å². The smallest absolute Gasteiger partial charge is 0.166 e. The highest BCUT2D eigenvalue weighted by Crippen LogP contribution is 2.67. The largest absolute Gasteiger partial charge is 0.493 e. The summed E-state index contributed by atoms with van der Waals surface area (Å²) in [6.07, 6.45) is 4.78. The fourth-order valence-electron chi connectivity index (χ4n) is 6.08. The van der Waals surface area contributed by atoms with Crippen LogP contribution in [0, 0.1) is 0 Å². The standard InChI is InChI=1S/C18H23NO3/c1-19-10-9-18-14-11-3-4-13(21-2)15(14)22-16(18)12(20)6-8-17(18,19)7-5-11/h3-4,12,16,20H,5-10H2,1-2H3/t12-,16-,17+,18+/m0/s1. The Morgan fingerprint density at radius 2 is 2.18 bits per heavy atom. The normalized spacial score (nSPS) is 41.8. The summed E-state index contributed by atoms with van der Waals surface area (Å²) in [6, 6.07) is 4.24. The summed E-state index contributed by atoms with van der Waals surface area (Å²) >= 11 is 0. The number of rotatable bonds is 1. The zero-order chi connectivity index (χ0) is 15.1. The predicted molar refractivity (Wildman–Crippen MR) is 82.6 cm³/mol. The second-order valence-electron chi connectivity index (χ2n) is 7.45. The molecule has 118 valence electrons. The van der Waals surface area contributed by atoms with Gasteiger partial charge in [-0.3, -0.25) is 4.90 Å². The van der Waals surface area contributed by atoms with Crippen LogP contribution >= 0.6 is 0 Å². The third-order valence-electron chi connectivity index (χ3n) is 7.02. The first-order valence-corrected chi connectivity index (χ1v) is 8.40. The quantitative estimate of drug-likeness (QED) is 0.860. The number of hydrogen-bond donors (Lipinski definition) is 1. The number of likely N-dealkylation sites (tertiary alicyclic amines) is 1. The van der Waals surface area contributed by atoms with E-state index in [0.29, 0.717) is 0 Å². The van der Waals surface area contributed by atoms with Crippen LogP contribution in [0.2, 0.25) is 0 Å². The molecule has 1 spiro atoms. The van der Waals surface area contributed by atoms with Crippen LogP contribution in [-0.2, 0) is 11.8 Å². The molecule has 0 unspecified atom stereocenters. The lowest BCUT2D eigenvalue weighted by atomic mass is 9.52. The molecule has 4 nitrogen and oxygen atoms in total. The van der Waals surface area contributed by atoms with E-state index in [-0.39, 0.29) is 23.2 Å². The van der Waals surface area contributed by atoms with Crippen molar-refractivity contribution in [3.8, 4) is 11.5 Å². The molecule has 1 saturated carbocycles. The average Bonchev–Trinajstić information content (AvgIpc) is 3.05. The van der Waals surface area contributed by atoms with Crippen LogP contribution in [0.3, 0.4) is 0 Å². The first kappa shape index (κ1) is 13.2. The van der Waals surface area contributed by atoms with Gasteiger partial charge in [-0.25, -0.2) is 0 Å². The highest BCUT2D eigenvalue weighted by atomic mass is 16.5. The van der Waals surface area contributed by atoms with Gasteiger partial charge in [0.25, 0.3) is 0 Å². The minimum absolute atomic E-state index is 0.0448. The molecule has 1 aromatic rings. The van der Waals surface area contributed by atoms with Crippen LogP contribution in [0.15, 0.2) is 12.1 Å². The number of aliphatic hydroxyl groups is 1. The van der Waals surface area contributed by atoms with Gasteiger partial charge in [-0.15, -0.1) is 0 Å². The Hall–Kier alpha value is -1.26. The predicted octanol–water partition coefficient (Wildman–Crippen LogP) is 1.87. The molecule has 0 amide bonds. The van der Waals surface area contributed by atoms with Gasteiger partial charge in [0.2, 0.25) is 0 Å². The summed E-state index contributed by atoms with van der Waals surface area (Å²) in [4.78, 5) is 2.55. The number of benzene rings is 1. The van der Waals surface area contributed by atoms with Gasteiger partial charge in [-0.2, -0.15) is 0 Å². The Bertz CT molecular complexity index is 660. The fourth-order valence-corrected chi connectivity index (χ4v) is 6.08. The summed E-state index contributed by atoms with van der Waals surface area (Å²) in [7, 11) is 3.96. The molecular weight excluding hydrogens is 278 g/mol. The van der Waals surface area contributed by atoms with E-state index in [2.05, 4.69) is 18.0 Å². The van der Waals surface area contributed by atoms with Crippen molar-refractivity contribution in [3.05, 3.63) is 23.3 Å². The molecule has 0 aromatic heterocycles. The van der Waals surface area contributed by atoms with Gasteiger partial charge in [0.15, 0.2) is 11.5 Å². The van der Waals surface area contributed by atoms with Crippen molar-refractivity contribution in [1.29, 1.82) is 0 Å². The van der Waals surface area contributed by atoms with Crippen molar-refractivity contribution in [2.45, 2.75) is 55.3 Å². The maximum atomic E-state index is 10.7. The first-order chi connectivity index (χ1) is 10.6. The molecule has 4 aliphatic rings. The van der Waals surface area contributed by atoms with Crippen molar-refractivity contribution in [1.82, 2.24) is 4.90 Å². The van der Waals surface area contributed by atoms with Crippen LogP contribution in [0.25, 0.3) is 0 Å². The lowest BCUT2D eigenvalue weighted by Gasteiger charge is -2.56. The van der Waals surface area contributed by atoms with E-state index in [9.17, 15) is 5.11 Å². The maximum Gasteiger partial charge on any atom is 0.166 e. The second-order valence-corrected chi connectivity index (χ2v) is 7.45. The molecular formula is C18H23NO3. The Labute approximate surface area is 131 Å². The minimum Gasteiger partial charge on any atom is -0.493 e. The molecule has 1 saturated heterocycles. The minimum atomic E-state index is -0.373. The second kappa shape index (κ2) is 3.98. The number of ether oxygens (including phenoxy) is 2. The van der Waals surface area contributed by atoms with Gasteiger partial charge >= 0.3 is 0 Å². The van der Waals surface area contributed by atoms with Gasteiger partial charge in [0, 0.05) is 11.1 Å². The summed E-state index contributed by atoms with van der Waals surface area (Å²) in [5.74, 6) is 1.73. The third kappa shape index (κ3) is 1.18. The van der Waals surface area contributed by atoms with Gasteiger partial charge in [0.05, 0.1) is 18.6 Å². The lowest BCUT2D eigenvalue weighted by molar-refractivity contribution is -0.0843. The van der Waals surface area contributed by atoms with E-state index in [4.69, 9.17) is 9.47 Å². The van der Waals surface area contributed by atoms with Crippen molar-refractivity contribution in [3.63, 3.8) is 0 Å². The zero-order valence-electron chi connectivity index (χ0n) is 13.3. The van der Waals surface area contributed by atoms with E-state index < -0.39 is 0 Å². The van der Waals surface area contributed by atoms with Gasteiger partial charge in [0.1, 0.15) is 6.10 Å². The monoisotopic (exact) mass is 301 g/mol. The van der Waals surface area contributed by atoms with Crippen LogP contribution in [0.4, 0.5) is 0 Å². The molecule has 0 bridgehead atoms. The van der Waals surface area contributed by atoms with Gasteiger partial charge < -0.3 is 14.6 Å². The van der Waals surface area contributed by atoms with Crippen LogP contribution in [0.5, 0.6) is 11.5 Å². The van der Waals surface area contributed by atoms with E-state index in [0.717, 1.165) is 43.7 Å². The van der Waals surface area contributed by atoms with Crippen LogP contribution < -0.4 is 9.47 Å². The topological polar surface area (TPSA) is 41.9 Å². The van der Waals surface area contributed by atoms with Crippen molar-refractivity contribution < 1.29 is 14.6 Å². The van der Waals surface area contributed by atoms with Crippen molar-refractivity contribution in [2.24, 2.45) is 0 Å².